The molecule has 0 heterocycles. The second-order valence-electron chi connectivity index (χ2n) is 5.83. The second-order valence-corrected chi connectivity index (χ2v) is 5.83. The Balaban J connectivity index is 2.85. The Bertz CT molecular complexity index is 393. The third-order valence-electron chi connectivity index (χ3n) is 3.56. The summed E-state index contributed by atoms with van der Waals surface area (Å²) in [6, 6.07) is 8.68. The number of hydrogen-bond donors (Lipinski definition) is 1. The lowest BCUT2D eigenvalue weighted by molar-refractivity contribution is 0.106. The van der Waals surface area contributed by atoms with Crippen LogP contribution in [0.1, 0.15) is 58.6 Å². The Kier molecular flexibility index (Phi) is 8.40. The van der Waals surface area contributed by atoms with Crippen LogP contribution in [0.5, 0.6) is 5.75 Å². The molecule has 3 nitrogen and oxygen atoms in total. The third-order valence-corrected chi connectivity index (χ3v) is 3.56. The van der Waals surface area contributed by atoms with E-state index in [0.29, 0.717) is 6.04 Å². The molecule has 120 valence electrons. The van der Waals surface area contributed by atoms with Crippen molar-refractivity contribution in [1.82, 2.24) is 5.32 Å². The molecule has 0 aromatic heterocycles. The highest BCUT2D eigenvalue weighted by Crippen LogP contribution is 2.29. The summed E-state index contributed by atoms with van der Waals surface area (Å²) in [5.74, 6) is 0.992. The van der Waals surface area contributed by atoms with E-state index in [1.54, 1.807) is 7.11 Å². The lowest BCUT2D eigenvalue weighted by Gasteiger charge is -2.24. The summed E-state index contributed by atoms with van der Waals surface area (Å²) >= 11 is 0. The number of rotatable bonds is 10. The molecule has 0 aliphatic rings. The molecular weight excluding hydrogens is 262 g/mol. The Hall–Kier alpha value is -1.06. The molecule has 2 atom stereocenters. The molecular formula is C18H31NO2. The van der Waals surface area contributed by atoms with E-state index in [9.17, 15) is 0 Å². The van der Waals surface area contributed by atoms with Gasteiger partial charge in [-0.2, -0.15) is 0 Å². The van der Waals surface area contributed by atoms with Gasteiger partial charge in [-0.1, -0.05) is 25.1 Å². The Labute approximate surface area is 130 Å². The normalized spacial score (nSPS) is 14.2. The summed E-state index contributed by atoms with van der Waals surface area (Å²) in [6.45, 7) is 9.46. The highest BCUT2D eigenvalue weighted by Gasteiger charge is 2.17. The molecule has 0 spiro atoms. The van der Waals surface area contributed by atoms with Crippen molar-refractivity contribution in [1.29, 1.82) is 0 Å². The van der Waals surface area contributed by atoms with E-state index in [0.717, 1.165) is 31.6 Å². The van der Waals surface area contributed by atoms with Gasteiger partial charge in [0.1, 0.15) is 5.75 Å². The van der Waals surface area contributed by atoms with Gasteiger partial charge in [-0.3, -0.25) is 0 Å². The lowest BCUT2D eigenvalue weighted by atomic mass is 9.99. The van der Waals surface area contributed by atoms with E-state index in [1.807, 2.05) is 6.07 Å². The van der Waals surface area contributed by atoms with E-state index in [2.05, 4.69) is 51.2 Å². The molecule has 0 aliphatic carbocycles. The summed E-state index contributed by atoms with van der Waals surface area (Å²) in [6.07, 6.45) is 3.69. The maximum absolute atomic E-state index is 5.97. The standard InChI is InChI=1S/C18H31NO2/c1-6-13-19-17(12-11-15(4)20-5)16-9-7-8-10-18(16)21-14(2)3/h7-10,14-15,17,19H,6,11-13H2,1-5H3. The number of ether oxygens (including phenoxy) is 2. The van der Waals surface area contributed by atoms with Crippen molar-refractivity contribution in [3.63, 3.8) is 0 Å². The summed E-state index contributed by atoms with van der Waals surface area (Å²) in [5.41, 5.74) is 1.25. The van der Waals surface area contributed by atoms with Gasteiger partial charge in [0.05, 0.1) is 12.2 Å². The van der Waals surface area contributed by atoms with E-state index >= 15 is 0 Å². The van der Waals surface area contributed by atoms with Crippen LogP contribution in [0.4, 0.5) is 0 Å². The van der Waals surface area contributed by atoms with Crippen LogP contribution in [0.3, 0.4) is 0 Å². The molecule has 21 heavy (non-hydrogen) atoms. The van der Waals surface area contributed by atoms with Crippen molar-refractivity contribution in [2.45, 2.75) is 65.2 Å². The average Bonchev–Trinajstić information content (AvgIpc) is 2.47. The first-order valence-electron chi connectivity index (χ1n) is 8.10. The number of para-hydroxylation sites is 1. The molecule has 0 saturated carbocycles. The van der Waals surface area contributed by atoms with Crippen LogP contribution in [0.2, 0.25) is 0 Å². The zero-order chi connectivity index (χ0) is 15.7. The molecule has 0 saturated heterocycles. The van der Waals surface area contributed by atoms with Gasteiger partial charge in [0.25, 0.3) is 0 Å². The monoisotopic (exact) mass is 293 g/mol. The van der Waals surface area contributed by atoms with Crippen molar-refractivity contribution in [3.05, 3.63) is 29.8 Å². The van der Waals surface area contributed by atoms with Crippen molar-refractivity contribution < 1.29 is 9.47 Å². The molecule has 1 rings (SSSR count). The maximum atomic E-state index is 5.97. The van der Waals surface area contributed by atoms with Gasteiger partial charge >= 0.3 is 0 Å². The molecule has 0 amide bonds. The average molecular weight is 293 g/mol. The van der Waals surface area contributed by atoms with Crippen molar-refractivity contribution in [3.8, 4) is 5.75 Å². The zero-order valence-corrected chi connectivity index (χ0v) is 14.2. The fourth-order valence-electron chi connectivity index (χ4n) is 2.33. The number of methoxy groups -OCH3 is 1. The van der Waals surface area contributed by atoms with Gasteiger partial charge in [-0.25, -0.2) is 0 Å². The number of benzene rings is 1. The quantitative estimate of drug-likeness (QED) is 0.696. The topological polar surface area (TPSA) is 30.5 Å². The second kappa shape index (κ2) is 9.80. The fraction of sp³-hybridized carbons (Fsp3) is 0.667. The summed E-state index contributed by atoms with van der Waals surface area (Å²) in [5, 5.41) is 3.64. The van der Waals surface area contributed by atoms with Crippen molar-refractivity contribution in [2.75, 3.05) is 13.7 Å². The Morgan fingerprint density at radius 3 is 2.43 bits per heavy atom. The third kappa shape index (κ3) is 6.49. The molecule has 0 radical (unpaired) electrons. The van der Waals surface area contributed by atoms with Gasteiger partial charge in [-0.05, 0) is 52.6 Å². The van der Waals surface area contributed by atoms with E-state index in [-0.39, 0.29) is 12.2 Å². The van der Waals surface area contributed by atoms with Crippen LogP contribution in [-0.4, -0.2) is 25.9 Å². The summed E-state index contributed by atoms with van der Waals surface area (Å²) in [4.78, 5) is 0. The smallest absolute Gasteiger partial charge is 0.124 e. The minimum Gasteiger partial charge on any atom is -0.491 e. The van der Waals surface area contributed by atoms with Gasteiger partial charge in [0.15, 0.2) is 0 Å². The predicted molar refractivity (Wildman–Crippen MR) is 88.9 cm³/mol. The molecule has 0 aliphatic heterocycles. The molecule has 1 aromatic rings. The molecule has 0 fully saturated rings. The van der Waals surface area contributed by atoms with Crippen LogP contribution in [0, 0.1) is 0 Å². The van der Waals surface area contributed by atoms with Crippen LogP contribution in [0.15, 0.2) is 24.3 Å². The fourth-order valence-corrected chi connectivity index (χ4v) is 2.33. The van der Waals surface area contributed by atoms with E-state index in [4.69, 9.17) is 9.47 Å². The molecule has 0 bridgehead atoms. The lowest BCUT2D eigenvalue weighted by Crippen LogP contribution is -2.24. The van der Waals surface area contributed by atoms with Crippen LogP contribution in [-0.2, 0) is 4.74 Å². The Morgan fingerprint density at radius 2 is 1.81 bits per heavy atom. The first-order chi connectivity index (χ1) is 10.1. The van der Waals surface area contributed by atoms with Crippen molar-refractivity contribution in [2.24, 2.45) is 0 Å². The highest BCUT2D eigenvalue weighted by molar-refractivity contribution is 5.36. The zero-order valence-electron chi connectivity index (χ0n) is 14.2. The SMILES string of the molecule is CCCNC(CCC(C)OC)c1ccccc1OC(C)C. The minimum atomic E-state index is 0.191. The minimum absolute atomic E-state index is 0.191. The van der Waals surface area contributed by atoms with Gasteiger partial charge in [0.2, 0.25) is 0 Å². The van der Waals surface area contributed by atoms with E-state index < -0.39 is 0 Å². The molecule has 2 unspecified atom stereocenters. The summed E-state index contributed by atoms with van der Waals surface area (Å²) < 4.78 is 11.3. The van der Waals surface area contributed by atoms with Gasteiger partial charge in [-0.15, -0.1) is 0 Å². The van der Waals surface area contributed by atoms with Gasteiger partial charge < -0.3 is 14.8 Å². The number of nitrogens with one attached hydrogen (secondary N) is 1. The van der Waals surface area contributed by atoms with Gasteiger partial charge in [0, 0.05) is 18.7 Å². The van der Waals surface area contributed by atoms with Crippen LogP contribution < -0.4 is 10.1 Å². The maximum Gasteiger partial charge on any atom is 0.124 e. The highest BCUT2D eigenvalue weighted by atomic mass is 16.5. The summed E-state index contributed by atoms with van der Waals surface area (Å²) in [7, 11) is 1.77. The Morgan fingerprint density at radius 1 is 1.10 bits per heavy atom. The molecule has 1 N–H and O–H groups in total. The first kappa shape index (κ1) is 18.0. The first-order valence-corrected chi connectivity index (χ1v) is 8.10. The van der Waals surface area contributed by atoms with Crippen LogP contribution >= 0.6 is 0 Å². The van der Waals surface area contributed by atoms with Crippen molar-refractivity contribution >= 4 is 0 Å². The molecule has 3 heteroatoms. The van der Waals surface area contributed by atoms with E-state index in [1.165, 1.54) is 5.56 Å². The largest absolute Gasteiger partial charge is 0.491 e. The molecule has 1 aromatic carbocycles. The predicted octanol–water partition coefficient (Wildman–Crippen LogP) is 4.33. The van der Waals surface area contributed by atoms with Crippen LogP contribution in [0.25, 0.3) is 0 Å². The number of hydrogen-bond acceptors (Lipinski definition) is 3.